The van der Waals surface area contributed by atoms with Gasteiger partial charge in [-0.3, -0.25) is 0 Å². The van der Waals surface area contributed by atoms with Crippen LogP contribution in [0.25, 0.3) is 41.6 Å². The molecule has 1 saturated heterocycles. The van der Waals surface area contributed by atoms with E-state index in [0.29, 0.717) is 0 Å². The van der Waals surface area contributed by atoms with Crippen molar-refractivity contribution in [3.8, 4) is 21.1 Å². The van der Waals surface area contributed by atoms with Crippen molar-refractivity contribution in [1.82, 2.24) is 9.97 Å². The van der Waals surface area contributed by atoms with Crippen molar-refractivity contribution in [2.24, 2.45) is 0 Å². The largest absolute Gasteiger partial charge is 0.236 e. The zero-order chi connectivity index (χ0) is 39.2. The van der Waals surface area contributed by atoms with Crippen molar-refractivity contribution < 1.29 is 0 Å². The number of nitrogens with zero attached hydrogens (tertiary/aromatic N) is 2. The lowest BCUT2D eigenvalue weighted by molar-refractivity contribution is 0.553. The molecule has 2 aromatic heterocycles. The highest BCUT2D eigenvalue weighted by atomic mass is 32.1. The molecule has 2 nitrogen and oxygen atoms in total. The van der Waals surface area contributed by atoms with Gasteiger partial charge in [-0.05, 0) is 81.6 Å². The highest BCUT2D eigenvalue weighted by Gasteiger charge is 2.64. The second-order valence-corrected chi connectivity index (χ2v) is 21.9. The molecule has 0 N–H and O–H groups in total. The first-order valence-electron chi connectivity index (χ1n) is 20.4. The van der Waals surface area contributed by atoms with Crippen LogP contribution in [0.5, 0.6) is 0 Å². The Bertz CT molecular complexity index is 2760. The summed E-state index contributed by atoms with van der Waals surface area (Å²) in [5.41, 5.74) is 10.3. The van der Waals surface area contributed by atoms with Gasteiger partial charge < -0.3 is 0 Å². The van der Waals surface area contributed by atoms with Crippen molar-refractivity contribution >= 4 is 61.6 Å². The van der Waals surface area contributed by atoms with E-state index in [2.05, 4.69) is 218 Å². The molecule has 4 atom stereocenters. The van der Waals surface area contributed by atoms with E-state index in [4.69, 9.17) is 9.97 Å². The summed E-state index contributed by atoms with van der Waals surface area (Å²) in [5.74, 6) is 0.319. The van der Waals surface area contributed by atoms with Crippen molar-refractivity contribution in [3.63, 3.8) is 0 Å². The SMILES string of the molecule is c1ccc(C2C(c3ccccc3)C(c3cccc(-c4nc5ccccc5s4)c3)[Si](c3ccccc3)(c3ccccc3)C2c2cccc(-c3nc4ccccc4s3)c2)cc1. The predicted octanol–water partition coefficient (Wildman–Crippen LogP) is 13.0. The number of hydrogen-bond donors (Lipinski definition) is 0. The molecule has 1 aliphatic rings. The second-order valence-electron chi connectivity index (χ2n) is 15.7. The molecule has 11 rings (SSSR count). The Morgan fingerprint density at radius 2 is 0.695 bits per heavy atom. The van der Waals surface area contributed by atoms with E-state index >= 15 is 0 Å². The lowest BCUT2D eigenvalue weighted by Gasteiger charge is -2.42. The number of benzene rings is 8. The molecular weight excluding hydrogens is 769 g/mol. The molecule has 0 radical (unpaired) electrons. The Labute approximate surface area is 354 Å². The van der Waals surface area contributed by atoms with Crippen LogP contribution in [0, 0.1) is 0 Å². The maximum absolute atomic E-state index is 5.18. The molecule has 0 aliphatic carbocycles. The van der Waals surface area contributed by atoms with Gasteiger partial charge in [0.1, 0.15) is 18.1 Å². The lowest BCUT2D eigenvalue weighted by atomic mass is 9.75. The maximum Gasteiger partial charge on any atom is 0.133 e. The molecule has 0 bridgehead atoms. The molecule has 0 saturated carbocycles. The molecule has 10 aromatic rings. The molecule has 282 valence electrons. The molecule has 3 heterocycles. The molecule has 5 heteroatoms. The van der Waals surface area contributed by atoms with E-state index in [1.807, 2.05) is 0 Å². The van der Waals surface area contributed by atoms with E-state index in [9.17, 15) is 0 Å². The van der Waals surface area contributed by atoms with Crippen LogP contribution in [0.15, 0.2) is 218 Å². The normalized spacial score (nSPS) is 18.6. The minimum Gasteiger partial charge on any atom is -0.236 e. The molecule has 8 aromatic carbocycles. The van der Waals surface area contributed by atoms with E-state index in [1.54, 1.807) is 22.7 Å². The van der Waals surface area contributed by atoms with E-state index in [-0.39, 0.29) is 22.9 Å². The van der Waals surface area contributed by atoms with E-state index in [1.165, 1.54) is 53.2 Å². The lowest BCUT2D eigenvalue weighted by Crippen LogP contribution is -2.64. The molecule has 1 fully saturated rings. The summed E-state index contributed by atoms with van der Waals surface area (Å²) in [6, 6.07) is 82.0. The predicted molar refractivity (Wildman–Crippen MR) is 252 cm³/mol. The van der Waals surface area contributed by atoms with Gasteiger partial charge in [-0.15, -0.1) is 22.7 Å². The second kappa shape index (κ2) is 15.2. The number of para-hydroxylation sites is 2. The Morgan fingerprint density at radius 3 is 1.10 bits per heavy atom. The molecule has 0 spiro atoms. The van der Waals surface area contributed by atoms with Crippen molar-refractivity contribution in [1.29, 1.82) is 0 Å². The van der Waals surface area contributed by atoms with Crippen molar-refractivity contribution in [3.05, 3.63) is 241 Å². The Balaban J connectivity index is 1.24. The fraction of sp³-hybridized carbons (Fsp3) is 0.0741. The first-order valence-corrected chi connectivity index (χ1v) is 24.2. The Hall–Kier alpha value is -6.24. The number of rotatable bonds is 8. The van der Waals surface area contributed by atoms with E-state index in [0.717, 1.165) is 21.0 Å². The summed E-state index contributed by atoms with van der Waals surface area (Å²) in [5, 5.41) is 5.04. The highest BCUT2D eigenvalue weighted by Crippen LogP contribution is 2.64. The summed E-state index contributed by atoms with van der Waals surface area (Å²) in [4.78, 5) is 10.4. The zero-order valence-electron chi connectivity index (χ0n) is 32.3. The molecule has 4 unspecified atom stereocenters. The number of thiazole rings is 2. The molecule has 0 amide bonds. The van der Waals surface area contributed by atoms with Crippen LogP contribution in [0.4, 0.5) is 0 Å². The fourth-order valence-electron chi connectivity index (χ4n) is 10.3. The number of aromatic nitrogens is 2. The van der Waals surface area contributed by atoms with Crippen LogP contribution >= 0.6 is 22.7 Å². The van der Waals surface area contributed by atoms with Gasteiger partial charge in [0, 0.05) is 11.1 Å². The first kappa shape index (κ1) is 35.9. The number of hydrogen-bond acceptors (Lipinski definition) is 4. The van der Waals surface area contributed by atoms with Crippen molar-refractivity contribution in [2.75, 3.05) is 0 Å². The van der Waals surface area contributed by atoms with Gasteiger partial charge in [-0.1, -0.05) is 192 Å². The smallest absolute Gasteiger partial charge is 0.133 e. The van der Waals surface area contributed by atoms with Gasteiger partial charge in [0.25, 0.3) is 0 Å². The van der Waals surface area contributed by atoms with Crippen LogP contribution in [-0.2, 0) is 0 Å². The standard InChI is InChI=1S/C54H40N2S2Si/c1-5-19-37(20-6-1)49-50(38-21-7-2-8-22-38)52(40-24-18-26-42(36-40)54-56-46-32-14-16-34-48(46)58-54)59(43-27-9-3-10-28-43,44-29-11-4-12-30-44)51(49)39-23-17-25-41(35-39)53-55-45-31-13-15-33-47(45)57-53/h1-36,49-52H. The third-order valence-electron chi connectivity index (χ3n) is 12.5. The highest BCUT2D eigenvalue weighted by molar-refractivity contribution is 7.22. The quantitative estimate of drug-likeness (QED) is 0.143. The maximum atomic E-state index is 5.18. The monoisotopic (exact) mass is 808 g/mol. The minimum absolute atomic E-state index is 0.158. The number of fused-ring (bicyclic) bond motifs is 2. The molecular formula is C54H40N2S2Si. The average molecular weight is 809 g/mol. The zero-order valence-corrected chi connectivity index (χ0v) is 34.9. The van der Waals surface area contributed by atoms with Crippen LogP contribution in [0.3, 0.4) is 0 Å². The fourth-order valence-corrected chi connectivity index (χ4v) is 19.2. The summed E-state index contributed by atoms with van der Waals surface area (Å²) in [6.45, 7) is 0. The van der Waals surface area contributed by atoms with Gasteiger partial charge in [-0.2, -0.15) is 0 Å². The van der Waals surface area contributed by atoms with Crippen LogP contribution in [0.2, 0.25) is 0 Å². The third kappa shape index (κ3) is 6.20. The van der Waals surface area contributed by atoms with Crippen LogP contribution in [0.1, 0.15) is 45.2 Å². The van der Waals surface area contributed by atoms with Gasteiger partial charge in [0.05, 0.1) is 20.4 Å². The third-order valence-corrected chi connectivity index (χ3v) is 20.6. The Kier molecular flexibility index (Phi) is 9.23. The first-order chi connectivity index (χ1) is 29.3. The molecule has 1 aliphatic heterocycles. The summed E-state index contributed by atoms with van der Waals surface area (Å²) in [6.07, 6.45) is 0. The minimum atomic E-state index is -2.96. The van der Waals surface area contributed by atoms with Crippen LogP contribution < -0.4 is 10.4 Å². The van der Waals surface area contributed by atoms with Gasteiger partial charge in [0.2, 0.25) is 0 Å². The topological polar surface area (TPSA) is 25.8 Å². The summed E-state index contributed by atoms with van der Waals surface area (Å²) >= 11 is 3.56. The van der Waals surface area contributed by atoms with Gasteiger partial charge >= 0.3 is 0 Å². The molecule has 59 heavy (non-hydrogen) atoms. The summed E-state index contributed by atoms with van der Waals surface area (Å²) in [7, 11) is -2.96. The van der Waals surface area contributed by atoms with Crippen LogP contribution in [-0.4, -0.2) is 18.0 Å². The Morgan fingerprint density at radius 1 is 0.339 bits per heavy atom. The van der Waals surface area contributed by atoms with E-state index < -0.39 is 8.07 Å². The summed E-state index contributed by atoms with van der Waals surface area (Å²) < 4.78 is 2.43. The van der Waals surface area contributed by atoms with Crippen molar-refractivity contribution in [2.45, 2.75) is 22.9 Å². The van der Waals surface area contributed by atoms with Gasteiger partial charge in [-0.25, -0.2) is 9.97 Å². The average Bonchev–Trinajstić information content (AvgIpc) is 4.04. The van der Waals surface area contributed by atoms with Gasteiger partial charge in [0.15, 0.2) is 0 Å².